The minimum absolute atomic E-state index is 0.0933. The van der Waals surface area contributed by atoms with Crippen molar-refractivity contribution in [3.63, 3.8) is 0 Å². The lowest BCUT2D eigenvalue weighted by Gasteiger charge is -2.18. The van der Waals surface area contributed by atoms with Crippen molar-refractivity contribution < 1.29 is 28.6 Å². The van der Waals surface area contributed by atoms with Crippen molar-refractivity contribution in [2.75, 3.05) is 13.2 Å². The Bertz CT molecular complexity index is 1160. The largest absolute Gasteiger partial charge is 0.462 e. The minimum atomic E-state index is -0.793. The van der Waals surface area contributed by atoms with E-state index in [0.717, 1.165) is 89.9 Å². The van der Waals surface area contributed by atoms with Crippen molar-refractivity contribution in [1.29, 1.82) is 0 Å². The van der Waals surface area contributed by atoms with Crippen LogP contribution in [0.25, 0.3) is 0 Å². The van der Waals surface area contributed by atoms with Crippen molar-refractivity contribution in [2.45, 2.75) is 213 Å². The first-order valence-corrected chi connectivity index (χ1v) is 23.6. The smallest absolute Gasteiger partial charge is 0.306 e. The van der Waals surface area contributed by atoms with Crippen LogP contribution >= 0.6 is 0 Å². The SMILES string of the molecule is CC/C=C\C/C=C\C/C=C\C/C=C\C/C=C\C/C=C\C/C=C\CCCC(=O)OCC(COC(=O)CCCCCCCCCC)OC(=O)CCCCCCCCCCC. The molecule has 0 aliphatic heterocycles. The number of carbonyl (C=O) groups excluding carboxylic acids is 3. The second kappa shape index (κ2) is 46.3. The molecule has 0 N–H and O–H groups in total. The fraction of sp³-hybridized carbons (Fsp3) is 0.673. The average Bonchev–Trinajstić information content (AvgIpc) is 3.22. The summed E-state index contributed by atoms with van der Waals surface area (Å²) in [6.45, 7) is 6.40. The number of carbonyl (C=O) groups is 3. The van der Waals surface area contributed by atoms with Gasteiger partial charge in [-0.15, -0.1) is 0 Å². The van der Waals surface area contributed by atoms with Crippen LogP contribution in [0.4, 0.5) is 0 Å². The van der Waals surface area contributed by atoms with Crippen LogP contribution in [0.2, 0.25) is 0 Å². The molecule has 0 rings (SSSR count). The van der Waals surface area contributed by atoms with Crippen molar-refractivity contribution in [3.05, 3.63) is 85.1 Å². The van der Waals surface area contributed by atoms with Gasteiger partial charge in [-0.1, -0.05) is 202 Å². The van der Waals surface area contributed by atoms with Crippen LogP contribution in [0, 0.1) is 0 Å². The molecule has 0 saturated carbocycles. The Hall–Kier alpha value is -3.41. The molecule has 0 heterocycles. The minimum Gasteiger partial charge on any atom is -0.462 e. The van der Waals surface area contributed by atoms with Gasteiger partial charge in [0.1, 0.15) is 13.2 Å². The summed E-state index contributed by atoms with van der Waals surface area (Å²) < 4.78 is 16.6. The third kappa shape index (κ3) is 43.7. The second-order valence-electron chi connectivity index (χ2n) is 15.3. The number of ether oxygens (including phenoxy) is 3. The molecule has 0 aromatic carbocycles. The van der Waals surface area contributed by atoms with E-state index < -0.39 is 6.10 Å². The lowest BCUT2D eigenvalue weighted by Crippen LogP contribution is -2.30. The average molecular weight is 807 g/mol. The topological polar surface area (TPSA) is 78.9 Å². The van der Waals surface area contributed by atoms with Gasteiger partial charge in [-0.05, 0) is 70.6 Å². The molecule has 1 atom stereocenters. The Morgan fingerprint density at radius 1 is 0.362 bits per heavy atom. The third-order valence-corrected chi connectivity index (χ3v) is 9.66. The van der Waals surface area contributed by atoms with E-state index in [-0.39, 0.29) is 37.5 Å². The molecule has 0 fully saturated rings. The molecule has 6 nitrogen and oxygen atoms in total. The Labute approximate surface area is 356 Å². The highest BCUT2D eigenvalue weighted by molar-refractivity contribution is 5.71. The molecule has 0 aromatic rings. The monoisotopic (exact) mass is 807 g/mol. The summed E-state index contributed by atoms with van der Waals surface area (Å²) in [5, 5.41) is 0. The summed E-state index contributed by atoms with van der Waals surface area (Å²) in [6.07, 6.45) is 58.7. The first-order chi connectivity index (χ1) is 28.5. The van der Waals surface area contributed by atoms with E-state index in [1.807, 2.05) is 0 Å². The first-order valence-electron chi connectivity index (χ1n) is 23.6. The highest BCUT2D eigenvalue weighted by Gasteiger charge is 2.19. The van der Waals surface area contributed by atoms with Crippen molar-refractivity contribution in [1.82, 2.24) is 0 Å². The molecule has 1 unspecified atom stereocenters. The number of rotatable bonds is 41. The van der Waals surface area contributed by atoms with Gasteiger partial charge < -0.3 is 14.2 Å². The number of hydrogen-bond donors (Lipinski definition) is 0. The van der Waals surface area contributed by atoms with E-state index >= 15 is 0 Å². The molecule has 0 bridgehead atoms. The van der Waals surface area contributed by atoms with Gasteiger partial charge in [0.25, 0.3) is 0 Å². The lowest BCUT2D eigenvalue weighted by molar-refractivity contribution is -0.167. The van der Waals surface area contributed by atoms with Crippen LogP contribution in [0.3, 0.4) is 0 Å². The maximum absolute atomic E-state index is 12.6. The Morgan fingerprint density at radius 2 is 0.672 bits per heavy atom. The van der Waals surface area contributed by atoms with Gasteiger partial charge in [-0.2, -0.15) is 0 Å². The fourth-order valence-electron chi connectivity index (χ4n) is 6.14. The van der Waals surface area contributed by atoms with Crippen molar-refractivity contribution in [2.24, 2.45) is 0 Å². The standard InChI is InChI=1S/C52H86O6/c1-4-7-10-13-16-19-20-21-22-23-24-25-26-27-28-29-30-31-32-34-36-39-42-45-51(54)57-48-49(47-56-50(53)44-41-38-35-18-15-12-9-6-3)58-52(55)46-43-40-37-33-17-14-11-8-5-2/h7,10,16,19,21-22,24-25,27-28,30-31,34,36,49H,4-6,8-9,11-15,17-18,20,23,26,29,32-33,35,37-48H2,1-3H3/b10-7-,19-16-,22-21-,25-24-,28-27-,31-30-,36-34-. The van der Waals surface area contributed by atoms with Crippen LogP contribution in [0.15, 0.2) is 85.1 Å². The number of esters is 3. The summed E-state index contributed by atoms with van der Waals surface area (Å²) in [5.41, 5.74) is 0. The zero-order valence-electron chi connectivity index (χ0n) is 37.5. The van der Waals surface area contributed by atoms with Crippen LogP contribution in [0.1, 0.15) is 207 Å². The molecule has 0 aliphatic rings. The zero-order chi connectivity index (χ0) is 42.3. The highest BCUT2D eigenvalue weighted by Crippen LogP contribution is 2.13. The number of allylic oxidation sites excluding steroid dienone is 14. The predicted octanol–water partition coefficient (Wildman–Crippen LogP) is 15.3. The number of hydrogen-bond acceptors (Lipinski definition) is 6. The van der Waals surface area contributed by atoms with Crippen molar-refractivity contribution >= 4 is 17.9 Å². The molecule has 6 heteroatoms. The molecule has 330 valence electrons. The summed E-state index contributed by atoms with van der Waals surface area (Å²) in [6, 6.07) is 0. The van der Waals surface area contributed by atoms with Gasteiger partial charge in [0.15, 0.2) is 6.10 Å². The van der Waals surface area contributed by atoms with E-state index in [2.05, 4.69) is 106 Å². The highest BCUT2D eigenvalue weighted by atomic mass is 16.6. The Kier molecular flexibility index (Phi) is 43.6. The van der Waals surface area contributed by atoms with E-state index in [1.54, 1.807) is 0 Å². The Balaban J connectivity index is 4.35. The summed E-state index contributed by atoms with van der Waals surface area (Å²) in [5.74, 6) is -0.969. The molecule has 0 saturated heterocycles. The maximum atomic E-state index is 12.6. The van der Waals surface area contributed by atoms with Gasteiger partial charge in [0.05, 0.1) is 0 Å². The summed E-state index contributed by atoms with van der Waals surface area (Å²) >= 11 is 0. The maximum Gasteiger partial charge on any atom is 0.306 e. The zero-order valence-corrected chi connectivity index (χ0v) is 37.5. The molecule has 58 heavy (non-hydrogen) atoms. The van der Waals surface area contributed by atoms with Gasteiger partial charge in [0, 0.05) is 19.3 Å². The van der Waals surface area contributed by atoms with Gasteiger partial charge in [-0.25, -0.2) is 0 Å². The van der Waals surface area contributed by atoms with E-state index in [1.165, 1.54) is 70.6 Å². The van der Waals surface area contributed by atoms with Crippen LogP contribution < -0.4 is 0 Å². The predicted molar refractivity (Wildman–Crippen MR) is 247 cm³/mol. The lowest BCUT2D eigenvalue weighted by atomic mass is 10.1. The molecular weight excluding hydrogens is 721 g/mol. The molecule has 0 aromatic heterocycles. The van der Waals surface area contributed by atoms with Crippen LogP contribution in [0.5, 0.6) is 0 Å². The van der Waals surface area contributed by atoms with E-state index in [9.17, 15) is 14.4 Å². The Morgan fingerprint density at radius 3 is 1.05 bits per heavy atom. The van der Waals surface area contributed by atoms with Crippen LogP contribution in [-0.2, 0) is 28.6 Å². The van der Waals surface area contributed by atoms with Crippen LogP contribution in [-0.4, -0.2) is 37.2 Å². The molecular formula is C52H86O6. The fourth-order valence-corrected chi connectivity index (χ4v) is 6.14. The molecule has 0 amide bonds. The summed E-state index contributed by atoms with van der Waals surface area (Å²) in [7, 11) is 0. The molecule has 0 spiro atoms. The molecule has 0 radical (unpaired) electrons. The van der Waals surface area contributed by atoms with E-state index in [4.69, 9.17) is 14.2 Å². The van der Waals surface area contributed by atoms with Gasteiger partial charge >= 0.3 is 17.9 Å². The number of unbranched alkanes of at least 4 members (excludes halogenated alkanes) is 16. The first kappa shape index (κ1) is 54.6. The van der Waals surface area contributed by atoms with E-state index in [0.29, 0.717) is 19.3 Å². The quantitative estimate of drug-likeness (QED) is 0.0265. The normalized spacial score (nSPS) is 12.8. The third-order valence-electron chi connectivity index (χ3n) is 9.66. The summed E-state index contributed by atoms with van der Waals surface area (Å²) in [4.78, 5) is 37.6. The van der Waals surface area contributed by atoms with Gasteiger partial charge in [0.2, 0.25) is 0 Å². The molecule has 0 aliphatic carbocycles. The van der Waals surface area contributed by atoms with Gasteiger partial charge in [-0.3, -0.25) is 14.4 Å². The second-order valence-corrected chi connectivity index (χ2v) is 15.3. The van der Waals surface area contributed by atoms with Crippen molar-refractivity contribution in [3.8, 4) is 0 Å².